The maximum absolute atomic E-state index is 13.0. The van der Waals surface area contributed by atoms with Crippen molar-refractivity contribution in [2.75, 3.05) is 25.5 Å². The van der Waals surface area contributed by atoms with Gasteiger partial charge in [0.2, 0.25) is 0 Å². The fourth-order valence-corrected chi connectivity index (χ4v) is 3.62. The van der Waals surface area contributed by atoms with Crippen molar-refractivity contribution in [3.8, 4) is 0 Å². The Morgan fingerprint density at radius 1 is 1.38 bits per heavy atom. The summed E-state index contributed by atoms with van der Waals surface area (Å²) in [7, 11) is 3.86. The average Bonchev–Trinajstić information content (AvgIpc) is 3.01. The normalized spacial score (nSPS) is 21.1. The Morgan fingerprint density at radius 3 is 2.69 bits per heavy atom. The minimum absolute atomic E-state index is 0. The molecular formula is C16H27F3IN5S. The molecule has 2 atom stereocenters. The fourth-order valence-electron chi connectivity index (χ4n) is 2.87. The van der Waals surface area contributed by atoms with Crippen LogP contribution in [0.2, 0.25) is 0 Å². The highest BCUT2D eigenvalue weighted by Gasteiger charge is 2.42. The molecule has 1 heterocycles. The summed E-state index contributed by atoms with van der Waals surface area (Å²) in [5.41, 5.74) is 0.850. The maximum Gasteiger partial charge on any atom is 0.391 e. The number of guanidine groups is 1. The maximum atomic E-state index is 13.0. The number of nitrogens with one attached hydrogen (secondary N) is 2. The molecule has 2 unspecified atom stereocenters. The third-order valence-corrected chi connectivity index (χ3v) is 5.20. The van der Waals surface area contributed by atoms with Gasteiger partial charge in [-0.15, -0.1) is 35.3 Å². The molecule has 1 aliphatic carbocycles. The molecule has 26 heavy (non-hydrogen) atoms. The number of thiazole rings is 1. The Kier molecular flexibility index (Phi) is 9.42. The largest absolute Gasteiger partial charge is 0.391 e. The van der Waals surface area contributed by atoms with Gasteiger partial charge in [-0.2, -0.15) is 13.2 Å². The van der Waals surface area contributed by atoms with E-state index in [4.69, 9.17) is 0 Å². The van der Waals surface area contributed by atoms with Gasteiger partial charge >= 0.3 is 6.18 Å². The molecule has 0 bridgehead atoms. The first-order valence-corrected chi connectivity index (χ1v) is 9.40. The molecular weight excluding hydrogens is 478 g/mol. The highest BCUT2D eigenvalue weighted by Crippen LogP contribution is 2.37. The van der Waals surface area contributed by atoms with Gasteiger partial charge in [-0.25, -0.2) is 9.98 Å². The first-order chi connectivity index (χ1) is 11.8. The zero-order valence-electron chi connectivity index (χ0n) is 15.3. The van der Waals surface area contributed by atoms with Gasteiger partial charge in [0, 0.05) is 32.1 Å². The quantitative estimate of drug-likeness (QED) is 0.361. The lowest BCUT2D eigenvalue weighted by atomic mass is 9.85. The van der Waals surface area contributed by atoms with E-state index in [0.29, 0.717) is 25.5 Å². The number of rotatable bonds is 5. The van der Waals surface area contributed by atoms with Gasteiger partial charge in [0.1, 0.15) is 0 Å². The van der Waals surface area contributed by atoms with Crippen LogP contribution in [0.4, 0.5) is 18.3 Å². The highest BCUT2D eigenvalue weighted by atomic mass is 127. The van der Waals surface area contributed by atoms with E-state index in [9.17, 15) is 13.2 Å². The lowest BCUT2D eigenvalue weighted by Gasteiger charge is -2.31. The Hall–Kier alpha value is -0.780. The van der Waals surface area contributed by atoms with E-state index in [1.807, 2.05) is 31.3 Å². The molecule has 10 heteroatoms. The molecule has 0 radical (unpaired) electrons. The van der Waals surface area contributed by atoms with Crippen LogP contribution in [-0.4, -0.2) is 43.8 Å². The average molecular weight is 505 g/mol. The van der Waals surface area contributed by atoms with Crippen LogP contribution in [0.3, 0.4) is 0 Å². The van der Waals surface area contributed by atoms with E-state index in [0.717, 1.165) is 17.2 Å². The summed E-state index contributed by atoms with van der Waals surface area (Å²) in [4.78, 5) is 10.9. The Bertz CT molecular complexity index is 576. The minimum atomic E-state index is -4.11. The second kappa shape index (κ2) is 10.5. The monoisotopic (exact) mass is 505 g/mol. The molecule has 0 aromatic carbocycles. The standard InChI is InChI=1S/C16H26F3N5S.HI/c1-4-20-14(21-9-13-10-25-15(23-13)24(2)3)22-12-7-5-6-11(8-12)16(17,18)19;/h10-12H,4-9H2,1-3H3,(H2,20,21,22);1H. The Balaban J connectivity index is 0.00000338. The summed E-state index contributed by atoms with van der Waals surface area (Å²) in [5.74, 6) is -0.669. The van der Waals surface area contributed by atoms with Crippen LogP contribution < -0.4 is 15.5 Å². The van der Waals surface area contributed by atoms with Crippen molar-refractivity contribution in [1.82, 2.24) is 15.6 Å². The molecule has 150 valence electrons. The molecule has 1 aromatic rings. The molecule has 1 aliphatic rings. The van der Waals surface area contributed by atoms with E-state index in [-0.39, 0.29) is 42.9 Å². The number of hydrogen-bond donors (Lipinski definition) is 2. The summed E-state index contributed by atoms with van der Waals surface area (Å²) in [6, 6.07) is -0.203. The zero-order valence-corrected chi connectivity index (χ0v) is 18.4. The van der Waals surface area contributed by atoms with Gasteiger partial charge in [-0.05, 0) is 26.2 Å². The first-order valence-electron chi connectivity index (χ1n) is 8.53. The van der Waals surface area contributed by atoms with Crippen LogP contribution in [0.5, 0.6) is 0 Å². The van der Waals surface area contributed by atoms with Crippen molar-refractivity contribution < 1.29 is 13.2 Å². The number of nitrogens with zero attached hydrogens (tertiary/aromatic N) is 3. The highest BCUT2D eigenvalue weighted by molar-refractivity contribution is 14.0. The molecule has 1 aromatic heterocycles. The molecule has 1 saturated carbocycles. The number of anilines is 1. The number of aromatic nitrogens is 1. The third kappa shape index (κ3) is 7.09. The van der Waals surface area contributed by atoms with Crippen LogP contribution >= 0.6 is 35.3 Å². The molecule has 2 N–H and O–H groups in total. The molecule has 0 spiro atoms. The van der Waals surface area contributed by atoms with Gasteiger partial charge in [-0.3, -0.25) is 0 Å². The zero-order chi connectivity index (χ0) is 18.4. The van der Waals surface area contributed by atoms with Crippen molar-refractivity contribution in [2.24, 2.45) is 10.9 Å². The van der Waals surface area contributed by atoms with Gasteiger partial charge in [0.15, 0.2) is 11.1 Å². The topological polar surface area (TPSA) is 52.6 Å². The van der Waals surface area contributed by atoms with Crippen molar-refractivity contribution >= 4 is 46.4 Å². The molecule has 0 amide bonds. The Labute approximate surface area is 173 Å². The molecule has 5 nitrogen and oxygen atoms in total. The van der Waals surface area contributed by atoms with Crippen molar-refractivity contribution in [3.63, 3.8) is 0 Å². The fraction of sp³-hybridized carbons (Fsp3) is 0.750. The van der Waals surface area contributed by atoms with E-state index < -0.39 is 12.1 Å². The second-order valence-electron chi connectivity index (χ2n) is 6.46. The van der Waals surface area contributed by atoms with E-state index in [2.05, 4.69) is 20.6 Å². The number of alkyl halides is 3. The van der Waals surface area contributed by atoms with Gasteiger partial charge in [-0.1, -0.05) is 6.42 Å². The van der Waals surface area contributed by atoms with Gasteiger partial charge in [0.25, 0.3) is 0 Å². The van der Waals surface area contributed by atoms with Crippen LogP contribution in [0.15, 0.2) is 10.4 Å². The van der Waals surface area contributed by atoms with Crippen molar-refractivity contribution in [1.29, 1.82) is 0 Å². The number of halogens is 4. The van der Waals surface area contributed by atoms with Crippen LogP contribution in [0.1, 0.15) is 38.3 Å². The number of hydrogen-bond acceptors (Lipinski definition) is 4. The molecule has 0 saturated heterocycles. The Morgan fingerprint density at radius 2 is 2.12 bits per heavy atom. The third-order valence-electron chi connectivity index (χ3n) is 4.14. The van der Waals surface area contributed by atoms with E-state index in [1.54, 1.807) is 11.3 Å². The number of aliphatic imine (C=N–C) groups is 1. The van der Waals surface area contributed by atoms with Gasteiger partial charge in [0.05, 0.1) is 18.2 Å². The van der Waals surface area contributed by atoms with Crippen LogP contribution in [-0.2, 0) is 6.54 Å². The lowest BCUT2D eigenvalue weighted by molar-refractivity contribution is -0.183. The summed E-state index contributed by atoms with van der Waals surface area (Å²) in [6.45, 7) is 2.99. The summed E-state index contributed by atoms with van der Waals surface area (Å²) in [5, 5.41) is 9.12. The summed E-state index contributed by atoms with van der Waals surface area (Å²) in [6.07, 6.45) is -2.46. The predicted octanol–water partition coefficient (Wildman–Crippen LogP) is 4.00. The predicted molar refractivity (Wildman–Crippen MR) is 112 cm³/mol. The summed E-state index contributed by atoms with van der Waals surface area (Å²) >= 11 is 1.54. The first kappa shape index (κ1) is 23.3. The van der Waals surface area contributed by atoms with E-state index >= 15 is 0 Å². The van der Waals surface area contributed by atoms with Crippen molar-refractivity contribution in [3.05, 3.63) is 11.1 Å². The summed E-state index contributed by atoms with van der Waals surface area (Å²) < 4.78 is 38.9. The van der Waals surface area contributed by atoms with E-state index in [1.165, 1.54) is 0 Å². The second-order valence-corrected chi connectivity index (χ2v) is 7.29. The molecule has 0 aliphatic heterocycles. The van der Waals surface area contributed by atoms with Crippen LogP contribution in [0.25, 0.3) is 0 Å². The van der Waals surface area contributed by atoms with Crippen molar-refractivity contribution in [2.45, 2.75) is 51.4 Å². The minimum Gasteiger partial charge on any atom is -0.357 e. The SMILES string of the molecule is CCNC(=NCc1csc(N(C)C)n1)NC1CCCC(C(F)(F)F)C1.I. The van der Waals surface area contributed by atoms with Crippen LogP contribution in [0, 0.1) is 5.92 Å². The smallest absolute Gasteiger partial charge is 0.357 e. The molecule has 2 rings (SSSR count). The van der Waals surface area contributed by atoms with Gasteiger partial charge < -0.3 is 15.5 Å². The molecule has 1 fully saturated rings. The lowest BCUT2D eigenvalue weighted by Crippen LogP contribution is -2.46.